The van der Waals surface area contributed by atoms with Crippen molar-refractivity contribution < 1.29 is 49.4 Å². The van der Waals surface area contributed by atoms with Crippen LogP contribution in [0.15, 0.2) is 78.9 Å². The molecule has 0 aliphatic heterocycles. The van der Waals surface area contributed by atoms with Crippen molar-refractivity contribution in [2.45, 2.75) is 51.4 Å². The maximum atomic E-state index is 12.8. The molecule has 4 saturated carbocycles. The van der Waals surface area contributed by atoms with E-state index in [1.54, 1.807) is 24.3 Å². The molecule has 3 aromatic rings. The van der Waals surface area contributed by atoms with Crippen LogP contribution < -0.4 is 25.9 Å². The first-order chi connectivity index (χ1) is 18.7. The van der Waals surface area contributed by atoms with Crippen molar-refractivity contribution >= 4 is 5.97 Å². The van der Waals surface area contributed by atoms with Gasteiger partial charge in [-0.2, -0.15) is 8.78 Å². The molecule has 0 unspecified atom stereocenters. The van der Waals surface area contributed by atoms with Gasteiger partial charge in [-0.25, -0.2) is 4.79 Å². The van der Waals surface area contributed by atoms with Gasteiger partial charge in [0, 0.05) is 12.3 Å². The molecule has 0 heterocycles. The van der Waals surface area contributed by atoms with E-state index < -0.39 is 11.9 Å². The number of aromatic hydroxyl groups is 1. The van der Waals surface area contributed by atoms with Crippen LogP contribution in [0.3, 0.4) is 0 Å². The topological polar surface area (TPSA) is 55.8 Å². The molecule has 0 spiro atoms. The molecule has 7 heteroatoms. The Hall–Kier alpha value is -2.68. The molecule has 0 radical (unpaired) electrons. The van der Waals surface area contributed by atoms with Gasteiger partial charge >= 0.3 is 146 Å². The first kappa shape index (κ1) is 27.9. The van der Waals surface area contributed by atoms with Gasteiger partial charge in [-0.15, -0.1) is 0 Å². The van der Waals surface area contributed by atoms with Crippen molar-refractivity contribution in [3.63, 3.8) is 0 Å². The van der Waals surface area contributed by atoms with E-state index in [1.165, 1.54) is 26.4 Å². The Kier molecular flexibility index (Phi) is 8.45. The zero-order valence-corrected chi connectivity index (χ0v) is 24.2. The second kappa shape index (κ2) is 11.8. The molecule has 4 nitrogen and oxygen atoms in total. The summed E-state index contributed by atoms with van der Waals surface area (Å²) in [6.45, 7) is 0.813. The Morgan fingerprint density at radius 3 is 1.85 bits per heavy atom. The van der Waals surface area contributed by atoms with Crippen LogP contribution in [0, 0.1) is 30.3 Å². The van der Waals surface area contributed by atoms with E-state index in [4.69, 9.17) is 9.47 Å². The van der Waals surface area contributed by atoms with Crippen LogP contribution in [0.1, 0.15) is 45.4 Å². The molecule has 3 aromatic carbocycles. The summed E-state index contributed by atoms with van der Waals surface area (Å²) < 4.78 is 39.0. The number of esters is 1. The van der Waals surface area contributed by atoms with Gasteiger partial charge in [-0.1, -0.05) is 0 Å². The van der Waals surface area contributed by atoms with Crippen molar-refractivity contribution in [1.29, 1.82) is 0 Å². The first-order valence-corrected chi connectivity index (χ1v) is 15.6. The number of phenols is 1. The minimum atomic E-state index is -3.36. The zero-order chi connectivity index (χ0) is 27.5. The first-order valence-electron chi connectivity index (χ1n) is 13.5. The molecule has 4 aliphatic rings. The van der Waals surface area contributed by atoms with Crippen molar-refractivity contribution in [1.82, 2.24) is 0 Å². The number of halogens is 3. The molecule has 4 fully saturated rings. The van der Waals surface area contributed by atoms with Crippen LogP contribution in [0.5, 0.6) is 17.2 Å². The summed E-state index contributed by atoms with van der Waals surface area (Å²) in [6, 6.07) is 25.5. The summed E-state index contributed by atoms with van der Waals surface area (Å²) in [4.78, 5) is 11.2. The van der Waals surface area contributed by atoms with E-state index in [2.05, 4.69) is 36.4 Å². The van der Waals surface area contributed by atoms with Gasteiger partial charge in [0.05, 0.1) is 6.61 Å². The number of ether oxygens (including phenoxy) is 2. The number of hydrogen-bond acceptors (Lipinski definition) is 4. The molecule has 7 rings (SSSR count). The van der Waals surface area contributed by atoms with Crippen LogP contribution >= 0.6 is 0 Å². The van der Waals surface area contributed by atoms with Gasteiger partial charge in [0.15, 0.2) is 0 Å². The Morgan fingerprint density at radius 1 is 0.846 bits per heavy atom. The third-order valence-corrected chi connectivity index (χ3v) is 10.6. The van der Waals surface area contributed by atoms with Crippen molar-refractivity contribution in [2.24, 2.45) is 23.2 Å². The second-order valence-corrected chi connectivity index (χ2v) is 14.4. The zero-order valence-electron chi connectivity index (χ0n) is 22.0. The molecule has 208 valence electrons. The standard InChI is InChI=1S/C18H14IO2.C14H20F2O2/c20-16-8-12-18(13-9-16)21-17-10-6-15(7-11-17)19-14-4-2-1-3-5-14;1-13(15,16)12(17)18-8-14-5-9-2-10(6-14)4-11(3-9)7-14/h1-13,20H;9-11H,2-8H2,1H3/q-1;. The van der Waals surface area contributed by atoms with Crippen LogP contribution in [0.4, 0.5) is 8.78 Å². The molecule has 0 aromatic heterocycles. The van der Waals surface area contributed by atoms with Crippen LogP contribution in [0.25, 0.3) is 0 Å². The molecule has 4 bridgehead atoms. The van der Waals surface area contributed by atoms with E-state index in [9.17, 15) is 18.7 Å². The quantitative estimate of drug-likeness (QED) is 0.298. The fraction of sp³-hybridized carbons (Fsp3) is 0.406. The summed E-state index contributed by atoms with van der Waals surface area (Å²) in [6.07, 6.45) is 7.12. The second-order valence-electron chi connectivity index (χ2n) is 11.3. The van der Waals surface area contributed by atoms with Gasteiger partial charge in [0.2, 0.25) is 0 Å². The van der Waals surface area contributed by atoms with Crippen molar-refractivity contribution in [2.75, 3.05) is 6.61 Å². The monoisotopic (exact) mass is 647 g/mol. The molecule has 0 atom stereocenters. The van der Waals surface area contributed by atoms with Crippen LogP contribution in [0.2, 0.25) is 0 Å². The van der Waals surface area contributed by atoms with Gasteiger partial charge in [-0.3, -0.25) is 0 Å². The predicted molar refractivity (Wildman–Crippen MR) is 141 cm³/mol. The third-order valence-electron chi connectivity index (χ3n) is 7.87. The average molecular weight is 648 g/mol. The Balaban J connectivity index is 0.000000160. The number of alkyl halides is 2. The summed E-state index contributed by atoms with van der Waals surface area (Å²) in [5.41, 5.74) is 0.0235. The average Bonchev–Trinajstić information content (AvgIpc) is 2.89. The molecule has 39 heavy (non-hydrogen) atoms. The Morgan fingerprint density at radius 2 is 1.33 bits per heavy atom. The summed E-state index contributed by atoms with van der Waals surface area (Å²) in [7, 11) is 0. The van der Waals surface area contributed by atoms with E-state index >= 15 is 0 Å². The number of benzene rings is 3. The van der Waals surface area contributed by atoms with E-state index in [0.29, 0.717) is 6.92 Å². The number of rotatable bonds is 7. The Labute approximate surface area is 239 Å². The van der Waals surface area contributed by atoms with Crippen molar-refractivity contribution in [3.8, 4) is 17.2 Å². The van der Waals surface area contributed by atoms with E-state index in [-0.39, 0.29) is 39.0 Å². The number of carbonyl (C=O) groups excluding carboxylic acids is 1. The molecule has 4 aliphatic carbocycles. The number of carbonyl (C=O) groups is 1. The maximum absolute atomic E-state index is 12.8. The van der Waals surface area contributed by atoms with Gasteiger partial charge in [0.25, 0.3) is 0 Å². The molecular weight excluding hydrogens is 613 g/mol. The molecule has 0 amide bonds. The van der Waals surface area contributed by atoms with Gasteiger partial charge in [-0.05, 0) is 56.3 Å². The summed E-state index contributed by atoms with van der Waals surface area (Å²) in [5, 5.41) is 9.25. The summed E-state index contributed by atoms with van der Waals surface area (Å²) >= 11 is -0.138. The normalized spacial score (nSPS) is 25.1. The fourth-order valence-electron chi connectivity index (χ4n) is 6.63. The summed E-state index contributed by atoms with van der Waals surface area (Å²) in [5.74, 6) is -0.711. The fourth-order valence-corrected chi connectivity index (χ4v) is 8.84. The molecular formula is C32H34F2IO4-. The van der Waals surface area contributed by atoms with Crippen LogP contribution in [-0.4, -0.2) is 23.6 Å². The van der Waals surface area contributed by atoms with Gasteiger partial charge in [0.1, 0.15) is 0 Å². The van der Waals surface area contributed by atoms with E-state index in [1.807, 2.05) is 18.2 Å². The number of hydrogen-bond donors (Lipinski definition) is 1. The molecule has 0 saturated heterocycles. The van der Waals surface area contributed by atoms with E-state index in [0.717, 1.165) is 48.5 Å². The van der Waals surface area contributed by atoms with Crippen LogP contribution in [-0.2, 0) is 9.53 Å². The Bertz CT molecular complexity index is 1200. The van der Waals surface area contributed by atoms with Gasteiger partial charge < -0.3 is 4.74 Å². The number of phenolic OH excluding ortho intramolecular Hbond substituents is 1. The minimum absolute atomic E-state index is 0.0235. The molecule has 1 N–H and O–H groups in total. The third kappa shape index (κ3) is 7.50. The predicted octanol–water partition coefficient (Wildman–Crippen LogP) is 4.71. The SMILES string of the molecule is CC(F)(F)C(=O)OCC12CC3CC(CC(C3)C1)C2.Oc1ccc(Oc2ccc([I-]c3ccccc3)cc2)cc1. The van der Waals surface area contributed by atoms with Crippen molar-refractivity contribution in [3.05, 3.63) is 86.0 Å².